The third kappa shape index (κ3) is 2.83. The molecule has 2 aliphatic rings. The molecule has 102 valence electrons. The molecule has 0 aromatic rings. The Balaban J connectivity index is 1.91. The van der Waals surface area contributed by atoms with Crippen LogP contribution in [-0.2, 0) is 14.3 Å². The number of aliphatic carboxylic acids is 1. The minimum Gasteiger partial charge on any atom is -0.480 e. The molecule has 2 aliphatic heterocycles. The number of carbonyl (C=O) groups excluding carboxylic acids is 1. The molecular formula is C13H21NO4. The van der Waals surface area contributed by atoms with Crippen LogP contribution in [0.15, 0.2) is 0 Å². The first-order chi connectivity index (χ1) is 8.47. The van der Waals surface area contributed by atoms with Crippen LogP contribution in [0.1, 0.15) is 39.5 Å². The molecule has 18 heavy (non-hydrogen) atoms. The van der Waals surface area contributed by atoms with Crippen LogP contribution < -0.4 is 5.32 Å². The number of carboxylic acids is 1. The minimum absolute atomic E-state index is 0.00324. The van der Waals surface area contributed by atoms with Crippen LogP contribution >= 0.6 is 0 Å². The summed E-state index contributed by atoms with van der Waals surface area (Å²) in [6.07, 6.45) is 3.36. The second-order valence-corrected chi connectivity index (χ2v) is 5.75. The third-order valence-electron chi connectivity index (χ3n) is 3.76. The number of ether oxygens (including phenoxy) is 1. The van der Waals surface area contributed by atoms with E-state index < -0.39 is 12.0 Å². The highest BCUT2D eigenvalue weighted by molar-refractivity contribution is 5.85. The summed E-state index contributed by atoms with van der Waals surface area (Å²) in [6, 6.07) is -0.781. The Morgan fingerprint density at radius 2 is 2.11 bits per heavy atom. The van der Waals surface area contributed by atoms with Gasteiger partial charge in [0.25, 0.3) is 0 Å². The van der Waals surface area contributed by atoms with E-state index in [-0.39, 0.29) is 30.0 Å². The molecular weight excluding hydrogens is 234 g/mol. The topological polar surface area (TPSA) is 75.6 Å². The fourth-order valence-electron chi connectivity index (χ4n) is 2.89. The van der Waals surface area contributed by atoms with Crippen LogP contribution in [0.4, 0.5) is 0 Å². The highest BCUT2D eigenvalue weighted by Gasteiger charge is 2.45. The van der Waals surface area contributed by atoms with E-state index in [1.807, 2.05) is 13.8 Å². The molecule has 2 N–H and O–H groups in total. The number of rotatable bonds is 5. The second-order valence-electron chi connectivity index (χ2n) is 5.75. The number of hydrogen-bond acceptors (Lipinski definition) is 3. The minimum atomic E-state index is -0.957. The SMILES string of the molecule is CC(C)CC(NC(=O)C1CC2CCC1O2)C(=O)O. The monoisotopic (exact) mass is 255 g/mol. The van der Waals surface area contributed by atoms with Gasteiger partial charge in [0.15, 0.2) is 0 Å². The maximum atomic E-state index is 12.1. The largest absolute Gasteiger partial charge is 0.480 e. The van der Waals surface area contributed by atoms with Crippen molar-refractivity contribution >= 4 is 11.9 Å². The van der Waals surface area contributed by atoms with Gasteiger partial charge in [-0.3, -0.25) is 4.79 Å². The smallest absolute Gasteiger partial charge is 0.326 e. The van der Waals surface area contributed by atoms with E-state index >= 15 is 0 Å². The molecule has 5 nitrogen and oxygen atoms in total. The van der Waals surface area contributed by atoms with E-state index in [9.17, 15) is 9.59 Å². The second kappa shape index (κ2) is 5.26. The Labute approximate surface area is 107 Å². The molecule has 0 radical (unpaired) electrons. The van der Waals surface area contributed by atoms with Crippen LogP contribution in [-0.4, -0.2) is 35.2 Å². The van der Waals surface area contributed by atoms with Gasteiger partial charge in [-0.2, -0.15) is 0 Å². The molecule has 0 spiro atoms. The van der Waals surface area contributed by atoms with E-state index in [1.54, 1.807) is 0 Å². The number of nitrogens with one attached hydrogen (secondary N) is 1. The lowest BCUT2D eigenvalue weighted by Crippen LogP contribution is -2.46. The lowest BCUT2D eigenvalue weighted by Gasteiger charge is -2.22. The van der Waals surface area contributed by atoms with Crippen molar-refractivity contribution in [3.63, 3.8) is 0 Å². The summed E-state index contributed by atoms with van der Waals surface area (Å²) < 4.78 is 5.62. The molecule has 2 bridgehead atoms. The molecule has 2 heterocycles. The molecule has 2 saturated heterocycles. The first-order valence-corrected chi connectivity index (χ1v) is 6.66. The summed E-state index contributed by atoms with van der Waals surface area (Å²) in [6.45, 7) is 3.89. The summed E-state index contributed by atoms with van der Waals surface area (Å²) in [7, 11) is 0. The van der Waals surface area contributed by atoms with Crippen molar-refractivity contribution in [2.45, 2.75) is 57.8 Å². The fraction of sp³-hybridized carbons (Fsp3) is 0.846. The molecule has 0 saturated carbocycles. The normalized spacial score (nSPS) is 31.6. The van der Waals surface area contributed by atoms with Crippen LogP contribution in [0.5, 0.6) is 0 Å². The van der Waals surface area contributed by atoms with Crippen LogP contribution in [0.25, 0.3) is 0 Å². The standard InChI is InChI=1S/C13H21NO4/c1-7(2)5-10(13(16)17)14-12(15)9-6-8-3-4-11(9)18-8/h7-11H,3-6H2,1-2H3,(H,14,15)(H,16,17). The summed E-state index contributed by atoms with van der Waals surface area (Å²) in [5.74, 6) is -1.03. The Morgan fingerprint density at radius 3 is 2.56 bits per heavy atom. The Morgan fingerprint density at radius 1 is 1.39 bits per heavy atom. The first-order valence-electron chi connectivity index (χ1n) is 6.66. The van der Waals surface area contributed by atoms with Crippen molar-refractivity contribution in [2.75, 3.05) is 0 Å². The highest BCUT2D eigenvalue weighted by Crippen LogP contribution is 2.38. The molecule has 5 heteroatoms. The number of carbonyl (C=O) groups is 2. The molecule has 4 atom stereocenters. The third-order valence-corrected chi connectivity index (χ3v) is 3.76. The fourth-order valence-corrected chi connectivity index (χ4v) is 2.89. The van der Waals surface area contributed by atoms with Gasteiger partial charge in [-0.1, -0.05) is 13.8 Å². The maximum Gasteiger partial charge on any atom is 0.326 e. The summed E-state index contributed by atoms with van der Waals surface area (Å²) in [5.41, 5.74) is 0. The van der Waals surface area contributed by atoms with E-state index in [4.69, 9.17) is 9.84 Å². The molecule has 4 unspecified atom stereocenters. The first kappa shape index (κ1) is 13.3. The predicted octanol–water partition coefficient (Wildman–Crippen LogP) is 1.17. The Bertz CT molecular complexity index is 342. The predicted molar refractivity (Wildman–Crippen MR) is 65.0 cm³/mol. The average Bonchev–Trinajstić information content (AvgIpc) is 2.88. The number of carboxylic acid groups (broad SMARTS) is 1. The van der Waals surface area contributed by atoms with E-state index in [0.29, 0.717) is 6.42 Å². The summed E-state index contributed by atoms with van der Waals surface area (Å²) in [4.78, 5) is 23.2. The average molecular weight is 255 g/mol. The van der Waals surface area contributed by atoms with Crippen molar-refractivity contribution in [3.8, 4) is 0 Å². The van der Waals surface area contributed by atoms with Gasteiger partial charge < -0.3 is 15.2 Å². The van der Waals surface area contributed by atoms with Gasteiger partial charge in [-0.15, -0.1) is 0 Å². The molecule has 1 amide bonds. The van der Waals surface area contributed by atoms with Gasteiger partial charge in [-0.05, 0) is 31.6 Å². The van der Waals surface area contributed by atoms with Crippen molar-refractivity contribution in [1.29, 1.82) is 0 Å². The van der Waals surface area contributed by atoms with Crippen LogP contribution in [0.2, 0.25) is 0 Å². The van der Waals surface area contributed by atoms with Gasteiger partial charge >= 0.3 is 5.97 Å². The van der Waals surface area contributed by atoms with Crippen molar-refractivity contribution < 1.29 is 19.4 Å². The van der Waals surface area contributed by atoms with Crippen molar-refractivity contribution in [2.24, 2.45) is 11.8 Å². The van der Waals surface area contributed by atoms with Crippen LogP contribution in [0, 0.1) is 11.8 Å². The van der Waals surface area contributed by atoms with Gasteiger partial charge in [0.2, 0.25) is 5.91 Å². The van der Waals surface area contributed by atoms with Crippen LogP contribution in [0.3, 0.4) is 0 Å². The van der Waals surface area contributed by atoms with E-state index in [1.165, 1.54) is 0 Å². The van der Waals surface area contributed by atoms with Crippen molar-refractivity contribution in [3.05, 3.63) is 0 Å². The lowest BCUT2D eigenvalue weighted by molar-refractivity contribution is -0.143. The quantitative estimate of drug-likeness (QED) is 0.773. The van der Waals surface area contributed by atoms with Gasteiger partial charge in [0.05, 0.1) is 18.1 Å². The highest BCUT2D eigenvalue weighted by atomic mass is 16.5. The Hall–Kier alpha value is -1.10. The Kier molecular flexibility index (Phi) is 3.90. The molecule has 2 rings (SSSR count). The van der Waals surface area contributed by atoms with E-state index in [0.717, 1.165) is 19.3 Å². The number of hydrogen-bond donors (Lipinski definition) is 2. The van der Waals surface area contributed by atoms with Gasteiger partial charge in [0, 0.05) is 0 Å². The molecule has 0 aromatic carbocycles. The van der Waals surface area contributed by atoms with Crippen molar-refractivity contribution in [1.82, 2.24) is 5.32 Å². The zero-order valence-electron chi connectivity index (χ0n) is 10.9. The summed E-state index contributed by atoms with van der Waals surface area (Å²) in [5, 5.41) is 11.8. The maximum absolute atomic E-state index is 12.1. The molecule has 0 aromatic heterocycles. The summed E-state index contributed by atoms with van der Waals surface area (Å²) >= 11 is 0. The van der Waals surface area contributed by atoms with Gasteiger partial charge in [0.1, 0.15) is 6.04 Å². The molecule has 0 aliphatic carbocycles. The number of fused-ring (bicyclic) bond motifs is 2. The zero-order chi connectivity index (χ0) is 13.3. The molecule has 2 fully saturated rings. The number of amides is 1. The van der Waals surface area contributed by atoms with E-state index in [2.05, 4.69) is 5.32 Å². The lowest BCUT2D eigenvalue weighted by atomic mass is 9.88. The zero-order valence-corrected chi connectivity index (χ0v) is 10.9. The van der Waals surface area contributed by atoms with Gasteiger partial charge in [-0.25, -0.2) is 4.79 Å².